The van der Waals surface area contributed by atoms with Gasteiger partial charge in [-0.1, -0.05) is 75.0 Å². The Morgan fingerprint density at radius 2 is 1.55 bits per heavy atom. The SMILES string of the molecule is CSC(=O)c1ccccc1-c1ccc(C(C)(C)C)cc1. The predicted molar refractivity (Wildman–Crippen MR) is 88.4 cm³/mol. The Labute approximate surface area is 125 Å². The number of thioether (sulfide) groups is 1. The highest BCUT2D eigenvalue weighted by Gasteiger charge is 2.15. The van der Waals surface area contributed by atoms with Gasteiger partial charge in [0.15, 0.2) is 0 Å². The summed E-state index contributed by atoms with van der Waals surface area (Å²) >= 11 is 1.26. The molecule has 2 aromatic rings. The van der Waals surface area contributed by atoms with Gasteiger partial charge in [-0.3, -0.25) is 4.79 Å². The summed E-state index contributed by atoms with van der Waals surface area (Å²) in [5, 5.41) is 0.112. The molecule has 0 fully saturated rings. The van der Waals surface area contributed by atoms with Crippen LogP contribution < -0.4 is 0 Å². The van der Waals surface area contributed by atoms with E-state index in [-0.39, 0.29) is 10.5 Å². The molecule has 0 aliphatic rings. The minimum absolute atomic E-state index is 0.112. The molecule has 0 spiro atoms. The zero-order valence-electron chi connectivity index (χ0n) is 12.4. The van der Waals surface area contributed by atoms with Gasteiger partial charge in [0.1, 0.15) is 0 Å². The minimum Gasteiger partial charge on any atom is -0.282 e. The molecule has 0 saturated heterocycles. The molecule has 0 amide bonds. The van der Waals surface area contributed by atoms with E-state index in [1.165, 1.54) is 17.3 Å². The van der Waals surface area contributed by atoms with Crippen molar-refractivity contribution >= 4 is 16.9 Å². The van der Waals surface area contributed by atoms with Crippen molar-refractivity contribution in [1.82, 2.24) is 0 Å². The van der Waals surface area contributed by atoms with E-state index in [2.05, 4.69) is 45.0 Å². The predicted octanol–water partition coefficient (Wildman–Crippen LogP) is 5.15. The summed E-state index contributed by atoms with van der Waals surface area (Å²) in [6.07, 6.45) is 1.82. The molecule has 0 radical (unpaired) electrons. The lowest BCUT2D eigenvalue weighted by atomic mass is 9.86. The van der Waals surface area contributed by atoms with E-state index in [0.717, 1.165) is 16.7 Å². The Balaban J connectivity index is 2.45. The molecule has 0 aromatic heterocycles. The molecular formula is C18H20OS. The maximum atomic E-state index is 12.0. The van der Waals surface area contributed by atoms with Crippen molar-refractivity contribution in [3.63, 3.8) is 0 Å². The Morgan fingerprint density at radius 1 is 0.950 bits per heavy atom. The Hall–Kier alpha value is -1.54. The molecule has 0 heterocycles. The largest absolute Gasteiger partial charge is 0.282 e. The quantitative estimate of drug-likeness (QED) is 0.758. The van der Waals surface area contributed by atoms with E-state index in [9.17, 15) is 4.79 Å². The summed E-state index contributed by atoms with van der Waals surface area (Å²) in [6.45, 7) is 6.60. The van der Waals surface area contributed by atoms with Crippen LogP contribution in [0.5, 0.6) is 0 Å². The van der Waals surface area contributed by atoms with Crippen molar-refractivity contribution in [3.8, 4) is 11.1 Å². The van der Waals surface area contributed by atoms with Gasteiger partial charge in [0.05, 0.1) is 0 Å². The standard InChI is InChI=1S/C18H20OS/c1-18(2,3)14-11-9-13(10-12-14)15-7-5-6-8-16(15)17(19)20-4/h5-12H,1-4H3. The molecule has 0 bridgehead atoms. The number of rotatable bonds is 2. The number of hydrogen-bond donors (Lipinski definition) is 0. The maximum Gasteiger partial charge on any atom is 0.219 e. The van der Waals surface area contributed by atoms with Crippen molar-refractivity contribution in [2.75, 3.05) is 6.26 Å². The van der Waals surface area contributed by atoms with Crippen molar-refractivity contribution in [1.29, 1.82) is 0 Å². The van der Waals surface area contributed by atoms with Crippen molar-refractivity contribution in [2.24, 2.45) is 0 Å². The van der Waals surface area contributed by atoms with E-state index in [1.54, 1.807) is 0 Å². The average Bonchev–Trinajstić information content (AvgIpc) is 2.45. The Morgan fingerprint density at radius 3 is 2.10 bits per heavy atom. The number of hydrogen-bond acceptors (Lipinski definition) is 2. The lowest BCUT2D eigenvalue weighted by Gasteiger charge is -2.19. The molecule has 2 aromatic carbocycles. The first-order chi connectivity index (χ1) is 9.43. The van der Waals surface area contributed by atoms with Crippen LogP contribution in [0.4, 0.5) is 0 Å². The summed E-state index contributed by atoms with van der Waals surface area (Å²) in [5.41, 5.74) is 4.33. The van der Waals surface area contributed by atoms with Crippen LogP contribution in [0.15, 0.2) is 48.5 Å². The van der Waals surface area contributed by atoms with Crippen LogP contribution in [0, 0.1) is 0 Å². The van der Waals surface area contributed by atoms with Crippen LogP contribution in [0.1, 0.15) is 36.7 Å². The van der Waals surface area contributed by atoms with Crippen LogP contribution in [-0.4, -0.2) is 11.4 Å². The molecule has 0 unspecified atom stereocenters. The highest BCUT2D eigenvalue weighted by atomic mass is 32.2. The summed E-state index contributed by atoms with van der Waals surface area (Å²) in [6, 6.07) is 16.3. The molecular weight excluding hydrogens is 264 g/mol. The van der Waals surface area contributed by atoms with Crippen LogP contribution >= 0.6 is 11.8 Å². The highest BCUT2D eigenvalue weighted by molar-refractivity contribution is 8.13. The third kappa shape index (κ3) is 3.13. The van der Waals surface area contributed by atoms with E-state index in [1.807, 2.05) is 30.5 Å². The van der Waals surface area contributed by atoms with E-state index in [0.29, 0.717) is 0 Å². The zero-order valence-corrected chi connectivity index (χ0v) is 13.3. The minimum atomic E-state index is 0.112. The summed E-state index contributed by atoms with van der Waals surface area (Å²) in [7, 11) is 0. The third-order valence-electron chi connectivity index (χ3n) is 3.39. The topological polar surface area (TPSA) is 17.1 Å². The first-order valence-corrected chi connectivity index (χ1v) is 7.94. The smallest absolute Gasteiger partial charge is 0.219 e. The molecule has 104 valence electrons. The average molecular weight is 284 g/mol. The van der Waals surface area contributed by atoms with Crippen molar-refractivity contribution in [3.05, 3.63) is 59.7 Å². The Bertz CT molecular complexity index is 606. The zero-order chi connectivity index (χ0) is 14.8. The van der Waals surface area contributed by atoms with Gasteiger partial charge in [0.25, 0.3) is 0 Å². The van der Waals surface area contributed by atoms with Gasteiger partial charge in [-0.05, 0) is 34.4 Å². The van der Waals surface area contributed by atoms with Crippen LogP contribution in [0.25, 0.3) is 11.1 Å². The lowest BCUT2D eigenvalue weighted by molar-refractivity contribution is 0.109. The first kappa shape index (κ1) is 14.9. The fourth-order valence-corrected chi connectivity index (χ4v) is 2.57. The van der Waals surface area contributed by atoms with Gasteiger partial charge in [0.2, 0.25) is 5.12 Å². The normalized spacial score (nSPS) is 11.4. The summed E-state index contributed by atoms with van der Waals surface area (Å²) in [4.78, 5) is 12.0. The monoisotopic (exact) mass is 284 g/mol. The molecule has 0 aliphatic carbocycles. The summed E-state index contributed by atoms with van der Waals surface area (Å²) in [5.74, 6) is 0. The fraction of sp³-hybridized carbons (Fsp3) is 0.278. The van der Waals surface area contributed by atoms with E-state index >= 15 is 0 Å². The number of benzene rings is 2. The van der Waals surface area contributed by atoms with Crippen molar-refractivity contribution < 1.29 is 4.79 Å². The molecule has 2 rings (SSSR count). The number of carbonyl (C=O) groups is 1. The first-order valence-electron chi connectivity index (χ1n) is 6.72. The second-order valence-corrected chi connectivity index (χ2v) is 6.64. The molecule has 0 atom stereocenters. The fourth-order valence-electron chi connectivity index (χ4n) is 2.17. The van der Waals surface area contributed by atoms with Gasteiger partial charge in [-0.15, -0.1) is 0 Å². The Kier molecular flexibility index (Phi) is 4.34. The van der Waals surface area contributed by atoms with Crippen LogP contribution in [-0.2, 0) is 5.41 Å². The third-order valence-corrected chi connectivity index (χ3v) is 3.99. The number of carbonyl (C=O) groups excluding carboxylic acids is 1. The van der Waals surface area contributed by atoms with Gasteiger partial charge < -0.3 is 0 Å². The van der Waals surface area contributed by atoms with E-state index < -0.39 is 0 Å². The van der Waals surface area contributed by atoms with Crippen molar-refractivity contribution in [2.45, 2.75) is 26.2 Å². The van der Waals surface area contributed by atoms with Gasteiger partial charge in [0, 0.05) is 5.56 Å². The molecule has 1 nitrogen and oxygen atoms in total. The lowest BCUT2D eigenvalue weighted by Crippen LogP contribution is -2.10. The van der Waals surface area contributed by atoms with Crippen LogP contribution in [0.2, 0.25) is 0 Å². The molecule has 0 N–H and O–H groups in total. The second-order valence-electron chi connectivity index (χ2n) is 5.86. The summed E-state index contributed by atoms with van der Waals surface area (Å²) < 4.78 is 0. The van der Waals surface area contributed by atoms with Gasteiger partial charge in [-0.2, -0.15) is 0 Å². The maximum absolute atomic E-state index is 12.0. The molecule has 0 saturated carbocycles. The molecule has 2 heteroatoms. The van der Waals surface area contributed by atoms with Crippen LogP contribution in [0.3, 0.4) is 0 Å². The molecule has 20 heavy (non-hydrogen) atoms. The highest BCUT2D eigenvalue weighted by Crippen LogP contribution is 2.29. The van der Waals surface area contributed by atoms with E-state index in [4.69, 9.17) is 0 Å². The van der Waals surface area contributed by atoms with Gasteiger partial charge >= 0.3 is 0 Å². The van der Waals surface area contributed by atoms with Gasteiger partial charge in [-0.25, -0.2) is 0 Å². The second kappa shape index (κ2) is 5.84. The molecule has 0 aliphatic heterocycles.